The van der Waals surface area contributed by atoms with Crippen molar-refractivity contribution in [1.82, 2.24) is 14.8 Å². The maximum absolute atomic E-state index is 12.2. The third kappa shape index (κ3) is 2.49. The molecule has 0 radical (unpaired) electrons. The maximum atomic E-state index is 12.2. The molecule has 5 heteroatoms. The Hall–Kier alpha value is -1.13. The highest BCUT2D eigenvalue weighted by Gasteiger charge is 2.32. The number of halogens is 1. The maximum Gasteiger partial charge on any atom is 0.255 e. The number of hydrogen-bond donors (Lipinski definition) is 0. The summed E-state index contributed by atoms with van der Waals surface area (Å²) < 4.78 is 0. The average Bonchev–Trinajstić information content (AvgIpc) is 3.23. The van der Waals surface area contributed by atoms with Gasteiger partial charge in [-0.15, -0.1) is 0 Å². The molecular formula is C13H16ClN3O. The highest BCUT2D eigenvalue weighted by molar-refractivity contribution is 6.29. The number of piperazine rings is 1. The van der Waals surface area contributed by atoms with Crippen LogP contribution >= 0.6 is 11.6 Å². The first-order chi connectivity index (χ1) is 8.74. The summed E-state index contributed by atoms with van der Waals surface area (Å²) in [4.78, 5) is 20.6. The molecule has 1 aliphatic carbocycles. The quantitative estimate of drug-likeness (QED) is 0.763. The van der Waals surface area contributed by atoms with Crippen LogP contribution in [0.5, 0.6) is 0 Å². The van der Waals surface area contributed by atoms with E-state index in [-0.39, 0.29) is 5.91 Å². The largest absolute Gasteiger partial charge is 0.336 e. The van der Waals surface area contributed by atoms with Gasteiger partial charge in [-0.3, -0.25) is 9.69 Å². The Bertz CT molecular complexity index is 436. The fourth-order valence-corrected chi connectivity index (χ4v) is 2.53. The van der Waals surface area contributed by atoms with Gasteiger partial charge >= 0.3 is 0 Å². The molecule has 0 N–H and O–H groups in total. The van der Waals surface area contributed by atoms with E-state index in [2.05, 4.69) is 9.88 Å². The van der Waals surface area contributed by atoms with Crippen LogP contribution in [0.25, 0.3) is 0 Å². The molecule has 1 aromatic rings. The second-order valence-corrected chi connectivity index (χ2v) is 5.32. The summed E-state index contributed by atoms with van der Waals surface area (Å²) in [5.74, 6) is 0.0645. The molecule has 1 aromatic heterocycles. The fraction of sp³-hybridized carbons (Fsp3) is 0.538. The van der Waals surface area contributed by atoms with Crippen LogP contribution in [0.2, 0.25) is 5.15 Å². The minimum absolute atomic E-state index is 0.0645. The van der Waals surface area contributed by atoms with Crippen LogP contribution in [0, 0.1) is 0 Å². The molecule has 2 fully saturated rings. The lowest BCUT2D eigenvalue weighted by atomic mass is 10.2. The van der Waals surface area contributed by atoms with E-state index in [1.807, 2.05) is 4.90 Å². The molecule has 3 rings (SSSR count). The molecule has 1 saturated heterocycles. The standard InChI is InChI=1S/C13H16ClN3O/c14-12-4-1-10(9-15-12)13(18)17-7-5-16(6-8-17)11-2-3-11/h1,4,9,11H,2-3,5-8H2. The molecule has 2 aliphatic rings. The zero-order chi connectivity index (χ0) is 12.5. The van der Waals surface area contributed by atoms with Gasteiger partial charge in [-0.1, -0.05) is 11.6 Å². The van der Waals surface area contributed by atoms with Gasteiger partial charge in [0.15, 0.2) is 0 Å². The van der Waals surface area contributed by atoms with Crippen LogP contribution in [0.15, 0.2) is 18.3 Å². The summed E-state index contributed by atoms with van der Waals surface area (Å²) in [5, 5.41) is 0.421. The molecule has 0 aromatic carbocycles. The number of carbonyl (C=O) groups is 1. The minimum Gasteiger partial charge on any atom is -0.336 e. The van der Waals surface area contributed by atoms with Gasteiger partial charge in [0.25, 0.3) is 5.91 Å². The molecule has 0 bridgehead atoms. The van der Waals surface area contributed by atoms with Crippen molar-refractivity contribution in [3.05, 3.63) is 29.0 Å². The van der Waals surface area contributed by atoms with E-state index >= 15 is 0 Å². The molecule has 96 valence electrons. The third-order valence-corrected chi connectivity index (χ3v) is 3.86. The SMILES string of the molecule is O=C(c1ccc(Cl)nc1)N1CCN(C2CC2)CC1. The predicted molar refractivity (Wildman–Crippen MR) is 69.7 cm³/mol. The van der Waals surface area contributed by atoms with Crippen molar-refractivity contribution in [3.63, 3.8) is 0 Å². The van der Waals surface area contributed by atoms with E-state index in [9.17, 15) is 4.79 Å². The lowest BCUT2D eigenvalue weighted by molar-refractivity contribution is 0.0627. The van der Waals surface area contributed by atoms with E-state index in [0.717, 1.165) is 32.2 Å². The van der Waals surface area contributed by atoms with Crippen molar-refractivity contribution in [3.8, 4) is 0 Å². The lowest BCUT2D eigenvalue weighted by Crippen LogP contribution is -2.49. The normalized spacial score (nSPS) is 21.1. The summed E-state index contributed by atoms with van der Waals surface area (Å²) in [6.45, 7) is 3.63. The van der Waals surface area contributed by atoms with Gasteiger partial charge in [-0.2, -0.15) is 0 Å². The van der Waals surface area contributed by atoms with Crippen molar-refractivity contribution in [2.24, 2.45) is 0 Å². The Morgan fingerprint density at radius 2 is 1.94 bits per heavy atom. The number of aromatic nitrogens is 1. The highest BCUT2D eigenvalue weighted by atomic mass is 35.5. The van der Waals surface area contributed by atoms with E-state index in [4.69, 9.17) is 11.6 Å². The van der Waals surface area contributed by atoms with Crippen molar-refractivity contribution in [2.45, 2.75) is 18.9 Å². The van der Waals surface area contributed by atoms with Gasteiger partial charge in [0.1, 0.15) is 5.15 Å². The van der Waals surface area contributed by atoms with E-state index in [0.29, 0.717) is 10.7 Å². The van der Waals surface area contributed by atoms with Gasteiger partial charge in [-0.25, -0.2) is 4.98 Å². The fourth-order valence-electron chi connectivity index (χ4n) is 2.41. The molecule has 0 spiro atoms. The van der Waals surface area contributed by atoms with Crippen LogP contribution in [0.3, 0.4) is 0 Å². The summed E-state index contributed by atoms with van der Waals surface area (Å²) >= 11 is 5.72. The number of nitrogens with zero attached hydrogens (tertiary/aromatic N) is 3. The van der Waals surface area contributed by atoms with Crippen molar-refractivity contribution >= 4 is 17.5 Å². The summed E-state index contributed by atoms with van der Waals surface area (Å²) in [6.07, 6.45) is 4.21. The monoisotopic (exact) mass is 265 g/mol. The van der Waals surface area contributed by atoms with E-state index in [1.54, 1.807) is 18.3 Å². The average molecular weight is 266 g/mol. The van der Waals surface area contributed by atoms with Crippen LogP contribution in [0.1, 0.15) is 23.2 Å². The smallest absolute Gasteiger partial charge is 0.255 e. The zero-order valence-corrected chi connectivity index (χ0v) is 10.9. The molecule has 1 aliphatic heterocycles. The molecular weight excluding hydrogens is 250 g/mol. The van der Waals surface area contributed by atoms with Gasteiger partial charge in [0.05, 0.1) is 5.56 Å². The molecule has 1 amide bonds. The first-order valence-electron chi connectivity index (χ1n) is 6.39. The van der Waals surface area contributed by atoms with Crippen LogP contribution in [0.4, 0.5) is 0 Å². The van der Waals surface area contributed by atoms with Gasteiger partial charge in [0, 0.05) is 38.4 Å². The van der Waals surface area contributed by atoms with Crippen LogP contribution < -0.4 is 0 Å². The topological polar surface area (TPSA) is 36.4 Å². The summed E-state index contributed by atoms with van der Waals surface area (Å²) in [6, 6.07) is 4.19. The van der Waals surface area contributed by atoms with Crippen LogP contribution in [-0.4, -0.2) is 52.9 Å². The van der Waals surface area contributed by atoms with Crippen LogP contribution in [-0.2, 0) is 0 Å². The van der Waals surface area contributed by atoms with E-state index in [1.165, 1.54) is 12.8 Å². The Balaban J connectivity index is 1.61. The number of amides is 1. The van der Waals surface area contributed by atoms with Crippen molar-refractivity contribution in [2.75, 3.05) is 26.2 Å². The van der Waals surface area contributed by atoms with Gasteiger partial charge < -0.3 is 4.90 Å². The lowest BCUT2D eigenvalue weighted by Gasteiger charge is -2.34. The molecule has 18 heavy (non-hydrogen) atoms. The Kier molecular flexibility index (Phi) is 3.22. The summed E-state index contributed by atoms with van der Waals surface area (Å²) in [7, 11) is 0. The van der Waals surface area contributed by atoms with Crippen molar-refractivity contribution in [1.29, 1.82) is 0 Å². The number of hydrogen-bond acceptors (Lipinski definition) is 3. The minimum atomic E-state index is 0.0645. The molecule has 2 heterocycles. The van der Waals surface area contributed by atoms with E-state index < -0.39 is 0 Å². The highest BCUT2D eigenvalue weighted by Crippen LogP contribution is 2.27. The summed E-state index contributed by atoms with van der Waals surface area (Å²) in [5.41, 5.74) is 0.624. The number of carbonyl (C=O) groups excluding carboxylic acids is 1. The Labute approximate surface area is 112 Å². The van der Waals surface area contributed by atoms with Gasteiger partial charge in [0.2, 0.25) is 0 Å². The first-order valence-corrected chi connectivity index (χ1v) is 6.77. The second kappa shape index (κ2) is 4.86. The third-order valence-electron chi connectivity index (χ3n) is 3.64. The van der Waals surface area contributed by atoms with Crippen molar-refractivity contribution < 1.29 is 4.79 Å². The number of rotatable bonds is 2. The second-order valence-electron chi connectivity index (χ2n) is 4.93. The van der Waals surface area contributed by atoms with Gasteiger partial charge in [-0.05, 0) is 25.0 Å². The predicted octanol–water partition coefficient (Wildman–Crippen LogP) is 1.66. The molecule has 0 unspecified atom stereocenters. The molecule has 1 saturated carbocycles. The Morgan fingerprint density at radius 1 is 1.22 bits per heavy atom. The first kappa shape index (κ1) is 11.9. The Morgan fingerprint density at radius 3 is 2.50 bits per heavy atom. The number of pyridine rings is 1. The zero-order valence-electron chi connectivity index (χ0n) is 10.2. The molecule has 0 atom stereocenters. The molecule has 4 nitrogen and oxygen atoms in total.